The van der Waals surface area contributed by atoms with Crippen LogP contribution in [0.5, 0.6) is 5.75 Å². The molecule has 0 aliphatic rings. The Morgan fingerprint density at radius 2 is 2.21 bits per heavy atom. The first-order valence-corrected chi connectivity index (χ1v) is 6.77. The van der Waals surface area contributed by atoms with E-state index in [1.807, 2.05) is 0 Å². The number of hydrogen-bond acceptors (Lipinski definition) is 4. The van der Waals surface area contributed by atoms with E-state index < -0.39 is 11.6 Å². The van der Waals surface area contributed by atoms with E-state index in [9.17, 15) is 8.78 Å². The molecule has 0 saturated carbocycles. The first-order valence-electron chi connectivity index (χ1n) is 5.95. The number of benzene rings is 1. The van der Waals surface area contributed by atoms with Crippen molar-refractivity contribution in [3.05, 3.63) is 40.9 Å². The molecule has 0 bridgehead atoms. The molecule has 0 radical (unpaired) electrons. The van der Waals surface area contributed by atoms with Crippen molar-refractivity contribution >= 4 is 16.5 Å². The molecule has 19 heavy (non-hydrogen) atoms. The summed E-state index contributed by atoms with van der Waals surface area (Å²) in [7, 11) is 0. The lowest BCUT2D eigenvalue weighted by Crippen LogP contribution is -1.98. The number of rotatable bonds is 6. The molecule has 3 nitrogen and oxygen atoms in total. The zero-order valence-electron chi connectivity index (χ0n) is 10.5. The Kier molecular flexibility index (Phi) is 4.68. The van der Waals surface area contributed by atoms with Gasteiger partial charge in [-0.1, -0.05) is 18.3 Å². The molecule has 0 saturated heterocycles. The maximum absolute atomic E-state index is 13.3. The Balaban J connectivity index is 1.94. The van der Waals surface area contributed by atoms with E-state index >= 15 is 0 Å². The molecule has 0 unspecified atom stereocenters. The van der Waals surface area contributed by atoms with Crippen LogP contribution >= 0.6 is 11.3 Å². The fourth-order valence-corrected chi connectivity index (χ4v) is 2.18. The molecule has 6 heteroatoms. The Bertz CT molecular complexity index is 545. The maximum atomic E-state index is 13.3. The molecule has 0 aliphatic carbocycles. The van der Waals surface area contributed by atoms with Crippen LogP contribution in [0.3, 0.4) is 0 Å². The average Bonchev–Trinajstić information content (AvgIpc) is 2.85. The van der Waals surface area contributed by atoms with E-state index in [0.29, 0.717) is 0 Å². The molecular formula is C13H14F2N2OS. The number of halogens is 2. The summed E-state index contributed by atoms with van der Waals surface area (Å²) in [5.41, 5.74) is 0. The van der Waals surface area contributed by atoms with Gasteiger partial charge in [-0.25, -0.2) is 13.8 Å². The maximum Gasteiger partial charge on any atom is 0.182 e. The molecule has 0 fully saturated rings. The lowest BCUT2D eigenvalue weighted by molar-refractivity contribution is 0.291. The fourth-order valence-electron chi connectivity index (χ4n) is 1.42. The van der Waals surface area contributed by atoms with Gasteiger partial charge >= 0.3 is 0 Å². The van der Waals surface area contributed by atoms with Gasteiger partial charge in [-0.3, -0.25) is 0 Å². The summed E-state index contributed by atoms with van der Waals surface area (Å²) in [5.74, 6) is -1.18. The second kappa shape index (κ2) is 6.47. The molecule has 0 spiro atoms. The van der Waals surface area contributed by atoms with Gasteiger partial charge in [-0.05, 0) is 18.6 Å². The number of nitrogens with zero attached hydrogens (tertiary/aromatic N) is 1. The molecule has 2 aromatic rings. The van der Waals surface area contributed by atoms with Crippen LogP contribution in [0.1, 0.15) is 18.2 Å². The van der Waals surface area contributed by atoms with Crippen molar-refractivity contribution in [2.75, 3.05) is 11.9 Å². The first-order chi connectivity index (χ1) is 9.19. The molecule has 1 N–H and O–H groups in total. The van der Waals surface area contributed by atoms with Crippen molar-refractivity contribution in [3.8, 4) is 5.75 Å². The summed E-state index contributed by atoms with van der Waals surface area (Å²) >= 11 is 1.44. The smallest absolute Gasteiger partial charge is 0.182 e. The first kappa shape index (κ1) is 13.7. The van der Waals surface area contributed by atoms with Crippen molar-refractivity contribution in [2.24, 2.45) is 0 Å². The minimum atomic E-state index is -0.574. The van der Waals surface area contributed by atoms with Crippen LogP contribution < -0.4 is 10.1 Å². The van der Waals surface area contributed by atoms with Crippen LogP contribution in [0.15, 0.2) is 24.4 Å². The quantitative estimate of drug-likeness (QED) is 0.875. The van der Waals surface area contributed by atoms with Crippen molar-refractivity contribution in [2.45, 2.75) is 20.0 Å². The van der Waals surface area contributed by atoms with E-state index in [1.54, 1.807) is 6.20 Å². The number of aromatic nitrogens is 1. The zero-order chi connectivity index (χ0) is 13.7. The van der Waals surface area contributed by atoms with E-state index in [-0.39, 0.29) is 12.4 Å². The molecule has 0 aliphatic heterocycles. The summed E-state index contributed by atoms with van der Waals surface area (Å²) in [5, 5.41) is 3.96. The highest BCUT2D eigenvalue weighted by atomic mass is 32.1. The Labute approximate surface area is 114 Å². The molecule has 0 amide bonds. The number of hydrogen-bond donors (Lipinski definition) is 1. The number of nitrogens with one attached hydrogen (secondary N) is 1. The predicted molar refractivity (Wildman–Crippen MR) is 71.6 cm³/mol. The van der Waals surface area contributed by atoms with Crippen LogP contribution in [0.2, 0.25) is 0 Å². The van der Waals surface area contributed by atoms with Crippen molar-refractivity contribution in [3.63, 3.8) is 0 Å². The minimum absolute atomic E-state index is 0.0866. The highest BCUT2D eigenvalue weighted by Crippen LogP contribution is 2.22. The summed E-state index contributed by atoms with van der Waals surface area (Å²) in [6.07, 6.45) is 2.68. The van der Waals surface area contributed by atoms with E-state index in [4.69, 9.17) is 4.74 Å². The monoisotopic (exact) mass is 284 g/mol. The third-order valence-electron chi connectivity index (χ3n) is 2.34. The topological polar surface area (TPSA) is 34.2 Å². The molecule has 1 heterocycles. The Morgan fingerprint density at radius 1 is 1.37 bits per heavy atom. The SMILES string of the molecule is CCCNc1ncc(COc2cc(F)ccc2F)s1. The molecule has 1 aromatic heterocycles. The van der Waals surface area contributed by atoms with Gasteiger partial charge in [0.15, 0.2) is 16.7 Å². The third kappa shape index (κ3) is 3.89. The van der Waals surface area contributed by atoms with Gasteiger partial charge in [0.2, 0.25) is 0 Å². The predicted octanol–water partition coefficient (Wildman–Crippen LogP) is 3.82. The third-order valence-corrected chi connectivity index (χ3v) is 3.27. The standard InChI is InChI=1S/C13H14F2N2OS/c1-2-5-16-13-17-7-10(19-13)8-18-12-6-9(14)3-4-11(12)15/h3-4,6-7H,2,5,8H2,1H3,(H,16,17). The fraction of sp³-hybridized carbons (Fsp3) is 0.308. The number of anilines is 1. The summed E-state index contributed by atoms with van der Waals surface area (Å²) in [4.78, 5) is 5.01. The van der Waals surface area contributed by atoms with Crippen LogP contribution in [0.25, 0.3) is 0 Å². The van der Waals surface area contributed by atoms with Gasteiger partial charge in [-0.2, -0.15) is 0 Å². The van der Waals surface area contributed by atoms with Crippen LogP contribution in [-0.4, -0.2) is 11.5 Å². The van der Waals surface area contributed by atoms with Crippen LogP contribution in [0.4, 0.5) is 13.9 Å². The molecule has 2 rings (SSSR count). The second-order valence-corrected chi connectivity index (χ2v) is 5.04. The Morgan fingerprint density at radius 3 is 3.00 bits per heavy atom. The van der Waals surface area contributed by atoms with Gasteiger partial charge in [-0.15, -0.1) is 0 Å². The minimum Gasteiger partial charge on any atom is -0.485 e. The number of thiazole rings is 1. The van der Waals surface area contributed by atoms with Gasteiger partial charge in [0.05, 0.1) is 4.88 Å². The molecule has 0 atom stereocenters. The highest BCUT2D eigenvalue weighted by Gasteiger charge is 2.07. The Hall–Kier alpha value is -1.69. The zero-order valence-corrected chi connectivity index (χ0v) is 11.3. The highest BCUT2D eigenvalue weighted by molar-refractivity contribution is 7.15. The molecule has 102 valence electrons. The summed E-state index contributed by atoms with van der Waals surface area (Å²) in [6.45, 7) is 3.09. The van der Waals surface area contributed by atoms with Gasteiger partial charge in [0.25, 0.3) is 0 Å². The van der Waals surface area contributed by atoms with Crippen molar-refractivity contribution < 1.29 is 13.5 Å². The molecule has 1 aromatic carbocycles. The van der Waals surface area contributed by atoms with E-state index in [1.165, 1.54) is 11.3 Å². The van der Waals surface area contributed by atoms with Gasteiger partial charge in [0, 0.05) is 18.8 Å². The lowest BCUT2D eigenvalue weighted by Gasteiger charge is -2.05. The second-order valence-electron chi connectivity index (χ2n) is 3.92. The van der Waals surface area contributed by atoms with Crippen LogP contribution in [-0.2, 0) is 6.61 Å². The van der Waals surface area contributed by atoms with E-state index in [2.05, 4.69) is 17.2 Å². The molecular weight excluding hydrogens is 270 g/mol. The average molecular weight is 284 g/mol. The normalized spacial score (nSPS) is 10.5. The number of ether oxygens (including phenoxy) is 1. The summed E-state index contributed by atoms with van der Waals surface area (Å²) < 4.78 is 31.5. The van der Waals surface area contributed by atoms with Crippen molar-refractivity contribution in [1.29, 1.82) is 0 Å². The largest absolute Gasteiger partial charge is 0.485 e. The lowest BCUT2D eigenvalue weighted by atomic mass is 10.3. The van der Waals surface area contributed by atoms with Gasteiger partial charge in [0.1, 0.15) is 12.4 Å². The van der Waals surface area contributed by atoms with Crippen molar-refractivity contribution in [1.82, 2.24) is 4.98 Å². The van der Waals surface area contributed by atoms with Crippen LogP contribution in [0, 0.1) is 11.6 Å². The summed E-state index contributed by atoms with van der Waals surface area (Å²) in [6, 6.07) is 3.14. The van der Waals surface area contributed by atoms with Gasteiger partial charge < -0.3 is 10.1 Å². The van der Waals surface area contributed by atoms with E-state index in [0.717, 1.165) is 41.2 Å².